The predicted molar refractivity (Wildman–Crippen MR) is 102 cm³/mol. The van der Waals surface area contributed by atoms with Gasteiger partial charge in [-0.25, -0.2) is 27.5 Å². The first-order valence-electron chi connectivity index (χ1n) is 8.80. The molecule has 0 spiro atoms. The summed E-state index contributed by atoms with van der Waals surface area (Å²) in [6, 6.07) is 9.33. The highest BCUT2D eigenvalue weighted by Crippen LogP contribution is 2.19. The second-order valence-electron chi connectivity index (χ2n) is 6.46. The highest BCUT2D eigenvalue weighted by atomic mass is 32.2. The Morgan fingerprint density at radius 1 is 1.00 bits per heavy atom. The van der Waals surface area contributed by atoms with E-state index in [1.807, 2.05) is 17.0 Å². The van der Waals surface area contributed by atoms with E-state index in [4.69, 9.17) is 0 Å². The highest BCUT2D eigenvalue weighted by molar-refractivity contribution is 7.88. The van der Waals surface area contributed by atoms with Crippen LogP contribution >= 0.6 is 0 Å². The molecule has 1 aliphatic heterocycles. The summed E-state index contributed by atoms with van der Waals surface area (Å²) in [6.45, 7) is 1.72. The molecule has 28 heavy (non-hydrogen) atoms. The first-order valence-corrected chi connectivity index (χ1v) is 10.4. The van der Waals surface area contributed by atoms with Gasteiger partial charge in [0.05, 0.1) is 5.75 Å². The fraction of sp³-hybridized carbons (Fsp3) is 0.278. The van der Waals surface area contributed by atoms with Crippen molar-refractivity contribution in [1.82, 2.24) is 24.1 Å². The molecule has 0 unspecified atom stereocenters. The van der Waals surface area contributed by atoms with Gasteiger partial charge in [0.1, 0.15) is 18.0 Å². The minimum absolute atomic E-state index is 0.207. The van der Waals surface area contributed by atoms with E-state index in [9.17, 15) is 12.8 Å². The molecule has 0 bridgehead atoms. The van der Waals surface area contributed by atoms with E-state index < -0.39 is 15.8 Å². The largest absolute Gasteiger partial charge is 0.354 e. The number of rotatable bonds is 5. The number of benzene rings is 1. The van der Waals surface area contributed by atoms with Gasteiger partial charge >= 0.3 is 0 Å². The van der Waals surface area contributed by atoms with Crippen molar-refractivity contribution in [2.24, 2.45) is 0 Å². The Hall–Kier alpha value is -2.85. The quantitative estimate of drug-likeness (QED) is 0.642. The molecule has 1 fully saturated rings. The van der Waals surface area contributed by atoms with Crippen molar-refractivity contribution in [2.45, 2.75) is 5.75 Å². The number of nitrogens with zero attached hydrogens (tertiary/aromatic N) is 6. The molecule has 2 aromatic heterocycles. The number of hydrogen-bond acceptors (Lipinski definition) is 6. The lowest BCUT2D eigenvalue weighted by atomic mass is 10.2. The second-order valence-corrected chi connectivity index (χ2v) is 8.43. The lowest BCUT2D eigenvalue weighted by Gasteiger charge is -2.34. The Labute approximate surface area is 162 Å². The number of hydrogen-bond donors (Lipinski definition) is 0. The lowest BCUT2D eigenvalue weighted by molar-refractivity contribution is 0.383. The Bertz CT molecular complexity index is 1050. The summed E-state index contributed by atoms with van der Waals surface area (Å²) in [5.41, 5.74) is 0.446. The summed E-state index contributed by atoms with van der Waals surface area (Å²) < 4.78 is 41.8. The molecule has 4 rings (SSSR count). The first-order chi connectivity index (χ1) is 13.5. The molecule has 10 heteroatoms. The molecule has 0 N–H and O–H groups in total. The fourth-order valence-electron chi connectivity index (χ4n) is 3.16. The van der Waals surface area contributed by atoms with Gasteiger partial charge in [-0.3, -0.25) is 0 Å². The van der Waals surface area contributed by atoms with Gasteiger partial charge < -0.3 is 4.90 Å². The van der Waals surface area contributed by atoms with Crippen LogP contribution < -0.4 is 4.90 Å². The van der Waals surface area contributed by atoms with E-state index in [1.54, 1.807) is 23.1 Å². The standard InChI is InChI=1S/C18H19FN6O2S/c19-16-4-1-3-15(11-16)13-28(26,27)24-9-7-23(8-10-24)17-12-18(21-14-20-17)25-6-2-5-22-25/h1-6,11-12,14H,7-10,13H2. The van der Waals surface area contributed by atoms with E-state index in [2.05, 4.69) is 15.1 Å². The molecular formula is C18H19FN6O2S. The van der Waals surface area contributed by atoms with E-state index in [1.165, 1.54) is 28.8 Å². The smallest absolute Gasteiger partial charge is 0.218 e. The third-order valence-electron chi connectivity index (χ3n) is 4.57. The summed E-state index contributed by atoms with van der Waals surface area (Å²) >= 11 is 0. The van der Waals surface area contributed by atoms with Crippen molar-refractivity contribution in [3.63, 3.8) is 0 Å². The van der Waals surface area contributed by atoms with Gasteiger partial charge in [0.15, 0.2) is 5.82 Å². The number of piperazine rings is 1. The van der Waals surface area contributed by atoms with E-state index in [-0.39, 0.29) is 5.75 Å². The molecular weight excluding hydrogens is 383 g/mol. The van der Waals surface area contributed by atoms with Crippen LogP contribution in [0.4, 0.5) is 10.2 Å². The summed E-state index contributed by atoms with van der Waals surface area (Å²) in [5.74, 6) is 0.731. The Morgan fingerprint density at radius 3 is 2.50 bits per heavy atom. The van der Waals surface area contributed by atoms with Crippen LogP contribution in [-0.4, -0.2) is 58.7 Å². The number of anilines is 1. The Balaban J connectivity index is 1.42. The SMILES string of the molecule is O=S(=O)(Cc1cccc(F)c1)N1CCN(c2cc(-n3cccn3)ncn2)CC1. The van der Waals surface area contributed by atoms with Crippen LogP contribution in [-0.2, 0) is 15.8 Å². The van der Waals surface area contributed by atoms with Gasteiger partial charge in [0.2, 0.25) is 10.0 Å². The van der Waals surface area contributed by atoms with Crippen molar-refractivity contribution in [3.05, 3.63) is 66.5 Å². The van der Waals surface area contributed by atoms with Gasteiger partial charge in [0.25, 0.3) is 0 Å². The third kappa shape index (κ3) is 4.02. The summed E-state index contributed by atoms with van der Waals surface area (Å²) in [5, 5.41) is 4.16. The highest BCUT2D eigenvalue weighted by Gasteiger charge is 2.28. The molecule has 0 radical (unpaired) electrons. The molecule has 1 aromatic carbocycles. The van der Waals surface area contributed by atoms with Crippen LogP contribution in [0.15, 0.2) is 55.1 Å². The van der Waals surface area contributed by atoms with Crippen LogP contribution in [0.2, 0.25) is 0 Å². The zero-order chi connectivity index (χ0) is 19.6. The van der Waals surface area contributed by atoms with Crippen molar-refractivity contribution in [2.75, 3.05) is 31.1 Å². The van der Waals surface area contributed by atoms with Crippen LogP contribution in [0.25, 0.3) is 5.82 Å². The van der Waals surface area contributed by atoms with Crippen LogP contribution in [0.3, 0.4) is 0 Å². The maximum absolute atomic E-state index is 13.3. The maximum atomic E-state index is 13.3. The van der Waals surface area contributed by atoms with Crippen molar-refractivity contribution in [1.29, 1.82) is 0 Å². The van der Waals surface area contributed by atoms with Crippen molar-refractivity contribution >= 4 is 15.8 Å². The van der Waals surface area contributed by atoms with Crippen molar-refractivity contribution < 1.29 is 12.8 Å². The molecule has 3 aromatic rings. The van der Waals surface area contributed by atoms with E-state index in [0.717, 1.165) is 5.82 Å². The number of halogens is 1. The molecule has 3 heterocycles. The molecule has 0 amide bonds. The summed E-state index contributed by atoms with van der Waals surface area (Å²) in [6.07, 6.45) is 4.94. The van der Waals surface area contributed by atoms with Gasteiger partial charge in [-0.05, 0) is 23.8 Å². The Kier molecular flexibility index (Phi) is 5.05. The minimum atomic E-state index is -3.51. The lowest BCUT2D eigenvalue weighted by Crippen LogP contribution is -2.49. The van der Waals surface area contributed by atoms with Crippen LogP contribution in [0, 0.1) is 5.82 Å². The zero-order valence-corrected chi connectivity index (χ0v) is 15.8. The monoisotopic (exact) mass is 402 g/mol. The van der Waals surface area contributed by atoms with Gasteiger partial charge in [-0.1, -0.05) is 12.1 Å². The van der Waals surface area contributed by atoms with Crippen LogP contribution in [0.5, 0.6) is 0 Å². The molecule has 1 aliphatic rings. The zero-order valence-electron chi connectivity index (χ0n) is 15.0. The van der Waals surface area contributed by atoms with E-state index >= 15 is 0 Å². The summed E-state index contributed by atoms with van der Waals surface area (Å²) in [4.78, 5) is 10.5. The Morgan fingerprint density at radius 2 is 1.79 bits per heavy atom. The maximum Gasteiger partial charge on any atom is 0.218 e. The van der Waals surface area contributed by atoms with Crippen molar-refractivity contribution in [3.8, 4) is 5.82 Å². The molecule has 8 nitrogen and oxygen atoms in total. The first kappa shape index (κ1) is 18.5. The van der Waals surface area contributed by atoms with Gasteiger partial charge in [-0.15, -0.1) is 0 Å². The number of aromatic nitrogens is 4. The predicted octanol–water partition coefficient (Wildman–Crippen LogP) is 1.45. The topological polar surface area (TPSA) is 84.2 Å². The number of sulfonamides is 1. The minimum Gasteiger partial charge on any atom is -0.354 e. The molecule has 146 valence electrons. The molecule has 0 atom stereocenters. The normalized spacial score (nSPS) is 15.7. The summed E-state index contributed by atoms with van der Waals surface area (Å²) in [7, 11) is -3.51. The van der Waals surface area contributed by atoms with E-state index in [0.29, 0.717) is 37.6 Å². The average molecular weight is 402 g/mol. The van der Waals surface area contributed by atoms with Gasteiger partial charge in [0, 0.05) is 44.6 Å². The third-order valence-corrected chi connectivity index (χ3v) is 6.42. The average Bonchev–Trinajstić information content (AvgIpc) is 3.23. The molecule has 0 saturated carbocycles. The molecule has 1 saturated heterocycles. The second kappa shape index (κ2) is 7.64. The van der Waals surface area contributed by atoms with Gasteiger partial charge in [-0.2, -0.15) is 9.40 Å². The van der Waals surface area contributed by atoms with Crippen LogP contribution in [0.1, 0.15) is 5.56 Å². The molecule has 0 aliphatic carbocycles. The fourth-order valence-corrected chi connectivity index (χ4v) is 4.67.